The van der Waals surface area contributed by atoms with Crippen molar-refractivity contribution < 1.29 is 20.1 Å². The zero-order valence-electron chi connectivity index (χ0n) is 11.3. The predicted molar refractivity (Wildman–Crippen MR) is 68.7 cm³/mol. The standard InChI is InChI=1S/C13H21N3O4/c17-7-10-11(18)12(19)13(20-10)16-9(6-14-15-16)5-8-3-1-2-4-8/h6,8,10-13,17-19H,1-5,7H2/t10-,11-,12-,13-/m1/s1. The fourth-order valence-electron chi connectivity index (χ4n) is 3.22. The highest BCUT2D eigenvalue weighted by molar-refractivity contribution is 5.01. The fraction of sp³-hybridized carbons (Fsp3) is 0.846. The van der Waals surface area contributed by atoms with Crippen molar-refractivity contribution in [1.29, 1.82) is 0 Å². The summed E-state index contributed by atoms with van der Waals surface area (Å²) in [5, 5.41) is 36.9. The van der Waals surface area contributed by atoms with Gasteiger partial charge >= 0.3 is 0 Å². The molecule has 0 bridgehead atoms. The summed E-state index contributed by atoms with van der Waals surface area (Å²) in [6.45, 7) is -0.332. The molecular weight excluding hydrogens is 262 g/mol. The van der Waals surface area contributed by atoms with E-state index in [4.69, 9.17) is 9.84 Å². The molecule has 20 heavy (non-hydrogen) atoms. The summed E-state index contributed by atoms with van der Waals surface area (Å²) in [4.78, 5) is 0. The third kappa shape index (κ3) is 2.46. The van der Waals surface area contributed by atoms with E-state index in [1.165, 1.54) is 25.7 Å². The van der Waals surface area contributed by atoms with Crippen LogP contribution in [0, 0.1) is 5.92 Å². The molecule has 7 heteroatoms. The van der Waals surface area contributed by atoms with E-state index in [9.17, 15) is 10.2 Å². The van der Waals surface area contributed by atoms with Crippen LogP contribution in [0.5, 0.6) is 0 Å². The number of aliphatic hydroxyl groups is 3. The zero-order valence-corrected chi connectivity index (χ0v) is 11.3. The maximum Gasteiger partial charge on any atom is 0.181 e. The van der Waals surface area contributed by atoms with Crippen molar-refractivity contribution in [3.63, 3.8) is 0 Å². The van der Waals surface area contributed by atoms with Crippen LogP contribution >= 0.6 is 0 Å². The molecule has 2 fully saturated rings. The highest BCUT2D eigenvalue weighted by atomic mass is 16.6. The lowest BCUT2D eigenvalue weighted by Crippen LogP contribution is -2.33. The average Bonchev–Trinajstić information content (AvgIpc) is 3.15. The Bertz CT molecular complexity index is 447. The Balaban J connectivity index is 1.75. The van der Waals surface area contributed by atoms with Crippen LogP contribution in [0.2, 0.25) is 0 Å². The van der Waals surface area contributed by atoms with Gasteiger partial charge in [-0.3, -0.25) is 0 Å². The number of nitrogens with zero attached hydrogens (tertiary/aromatic N) is 3. The molecule has 1 aliphatic carbocycles. The minimum absolute atomic E-state index is 0.332. The van der Waals surface area contributed by atoms with Crippen LogP contribution < -0.4 is 0 Å². The van der Waals surface area contributed by atoms with Gasteiger partial charge in [0.15, 0.2) is 6.23 Å². The van der Waals surface area contributed by atoms with Gasteiger partial charge in [0.2, 0.25) is 0 Å². The maximum atomic E-state index is 10.0. The Morgan fingerprint density at radius 1 is 1.25 bits per heavy atom. The molecule has 1 aliphatic heterocycles. The summed E-state index contributed by atoms with van der Waals surface area (Å²) in [5.41, 5.74) is 0.909. The molecule has 3 N–H and O–H groups in total. The van der Waals surface area contributed by atoms with Crippen molar-refractivity contribution in [2.24, 2.45) is 5.92 Å². The van der Waals surface area contributed by atoms with E-state index in [2.05, 4.69) is 10.3 Å². The largest absolute Gasteiger partial charge is 0.394 e. The Hall–Kier alpha value is -1.02. The van der Waals surface area contributed by atoms with Crippen LogP contribution in [0.3, 0.4) is 0 Å². The third-order valence-electron chi connectivity index (χ3n) is 4.38. The normalized spacial score (nSPS) is 35.0. The van der Waals surface area contributed by atoms with Crippen molar-refractivity contribution in [3.05, 3.63) is 11.9 Å². The third-order valence-corrected chi connectivity index (χ3v) is 4.38. The van der Waals surface area contributed by atoms with Gasteiger partial charge in [0, 0.05) is 0 Å². The van der Waals surface area contributed by atoms with Gasteiger partial charge in [-0.25, -0.2) is 4.68 Å². The van der Waals surface area contributed by atoms with E-state index in [1.807, 2.05) is 0 Å². The van der Waals surface area contributed by atoms with Gasteiger partial charge in [-0.2, -0.15) is 0 Å². The average molecular weight is 283 g/mol. The summed E-state index contributed by atoms with van der Waals surface area (Å²) in [7, 11) is 0. The molecule has 112 valence electrons. The summed E-state index contributed by atoms with van der Waals surface area (Å²) < 4.78 is 7.04. The van der Waals surface area contributed by atoms with Gasteiger partial charge in [0.1, 0.15) is 18.3 Å². The van der Waals surface area contributed by atoms with Crippen LogP contribution in [0.25, 0.3) is 0 Å². The second kappa shape index (κ2) is 5.77. The number of hydrogen-bond donors (Lipinski definition) is 3. The molecule has 1 saturated heterocycles. The molecule has 0 radical (unpaired) electrons. The SMILES string of the molecule is OC[C@H]1O[C@@H](n2nncc2CC2CCCC2)[C@H](O)[C@@H]1O. The second-order valence-corrected chi connectivity index (χ2v) is 5.75. The summed E-state index contributed by atoms with van der Waals surface area (Å²) in [6, 6.07) is 0. The van der Waals surface area contributed by atoms with Crippen molar-refractivity contribution >= 4 is 0 Å². The van der Waals surface area contributed by atoms with Gasteiger partial charge in [0.25, 0.3) is 0 Å². The number of hydrogen-bond acceptors (Lipinski definition) is 6. The number of ether oxygens (including phenoxy) is 1. The van der Waals surface area contributed by atoms with Crippen LogP contribution in [0.15, 0.2) is 6.20 Å². The van der Waals surface area contributed by atoms with E-state index in [1.54, 1.807) is 10.9 Å². The van der Waals surface area contributed by atoms with E-state index in [0.717, 1.165) is 12.1 Å². The molecule has 7 nitrogen and oxygen atoms in total. The first-order valence-electron chi connectivity index (χ1n) is 7.22. The number of aliphatic hydroxyl groups excluding tert-OH is 3. The van der Waals surface area contributed by atoms with E-state index in [0.29, 0.717) is 5.92 Å². The van der Waals surface area contributed by atoms with Gasteiger partial charge in [0.05, 0.1) is 18.5 Å². The fourth-order valence-corrected chi connectivity index (χ4v) is 3.22. The Morgan fingerprint density at radius 2 is 2.00 bits per heavy atom. The molecule has 2 heterocycles. The Kier molecular flexibility index (Phi) is 4.02. The highest BCUT2D eigenvalue weighted by Gasteiger charge is 2.44. The molecular formula is C13H21N3O4. The maximum absolute atomic E-state index is 10.0. The smallest absolute Gasteiger partial charge is 0.181 e. The van der Waals surface area contributed by atoms with Gasteiger partial charge in [-0.1, -0.05) is 30.9 Å². The van der Waals surface area contributed by atoms with E-state index < -0.39 is 24.5 Å². The second-order valence-electron chi connectivity index (χ2n) is 5.75. The topological polar surface area (TPSA) is 101 Å². The molecule has 1 saturated carbocycles. The molecule has 3 rings (SSSR count). The first-order chi connectivity index (χ1) is 9.70. The molecule has 1 aromatic rings. The predicted octanol–water partition coefficient (Wildman–Crippen LogP) is -0.378. The lowest BCUT2D eigenvalue weighted by Gasteiger charge is -2.18. The summed E-state index contributed by atoms with van der Waals surface area (Å²) >= 11 is 0. The minimum Gasteiger partial charge on any atom is -0.394 e. The van der Waals surface area contributed by atoms with Crippen LogP contribution in [-0.4, -0.2) is 55.2 Å². The highest BCUT2D eigenvalue weighted by Crippen LogP contribution is 2.32. The van der Waals surface area contributed by atoms with Crippen molar-refractivity contribution in [3.8, 4) is 0 Å². The molecule has 0 spiro atoms. The minimum atomic E-state index is -1.10. The monoisotopic (exact) mass is 283 g/mol. The number of aromatic nitrogens is 3. The molecule has 1 aromatic heterocycles. The Morgan fingerprint density at radius 3 is 2.65 bits per heavy atom. The lowest BCUT2D eigenvalue weighted by molar-refractivity contribution is -0.0608. The van der Waals surface area contributed by atoms with Crippen molar-refractivity contribution in [1.82, 2.24) is 15.0 Å². The lowest BCUT2D eigenvalue weighted by atomic mass is 10.0. The molecule has 0 aromatic carbocycles. The summed E-state index contributed by atoms with van der Waals surface area (Å²) in [6.07, 6.45) is 3.74. The van der Waals surface area contributed by atoms with Crippen molar-refractivity contribution in [2.45, 2.75) is 56.6 Å². The summed E-state index contributed by atoms with van der Waals surface area (Å²) in [5.74, 6) is 0.629. The van der Waals surface area contributed by atoms with Gasteiger partial charge in [-0.05, 0) is 12.3 Å². The number of rotatable bonds is 4. The van der Waals surface area contributed by atoms with Crippen LogP contribution in [0.4, 0.5) is 0 Å². The molecule has 0 unspecified atom stereocenters. The van der Waals surface area contributed by atoms with Crippen LogP contribution in [-0.2, 0) is 11.2 Å². The molecule has 4 atom stereocenters. The Labute approximate surface area is 117 Å². The van der Waals surface area contributed by atoms with Gasteiger partial charge in [-0.15, -0.1) is 5.10 Å². The van der Waals surface area contributed by atoms with E-state index in [-0.39, 0.29) is 6.61 Å². The van der Waals surface area contributed by atoms with Crippen LogP contribution in [0.1, 0.15) is 37.6 Å². The van der Waals surface area contributed by atoms with Gasteiger partial charge < -0.3 is 20.1 Å². The first-order valence-corrected chi connectivity index (χ1v) is 7.22. The van der Waals surface area contributed by atoms with E-state index >= 15 is 0 Å². The molecule has 2 aliphatic rings. The quantitative estimate of drug-likeness (QED) is 0.696. The zero-order chi connectivity index (χ0) is 14.1. The first kappa shape index (κ1) is 13.9. The van der Waals surface area contributed by atoms with Crippen molar-refractivity contribution in [2.75, 3.05) is 6.61 Å². The molecule has 0 amide bonds.